The highest BCUT2D eigenvalue weighted by Gasteiger charge is 2.48. The Labute approximate surface area is 127 Å². The number of aliphatic carboxylic acids is 1. The lowest BCUT2D eigenvalue weighted by Gasteiger charge is -2.35. The summed E-state index contributed by atoms with van der Waals surface area (Å²) in [4.78, 5) is 41.7. The van der Waals surface area contributed by atoms with E-state index in [4.69, 9.17) is 28.0 Å². The molecular weight excluding hydrogens is 294 g/mol. The van der Waals surface area contributed by atoms with Crippen molar-refractivity contribution in [3.63, 3.8) is 0 Å². The van der Waals surface area contributed by atoms with Gasteiger partial charge in [0, 0.05) is 6.54 Å². The summed E-state index contributed by atoms with van der Waals surface area (Å²) in [5.74, 6) is -2.19. The zero-order chi connectivity index (χ0) is 17.3. The van der Waals surface area contributed by atoms with Gasteiger partial charge < -0.3 is 33.4 Å². The van der Waals surface area contributed by atoms with Gasteiger partial charge in [-0.2, -0.15) is 0 Å². The fraction of sp³-hybridized carbons (Fsp3) is 0.667. The van der Waals surface area contributed by atoms with Crippen LogP contribution in [0.2, 0.25) is 0 Å². The molecule has 1 atom stereocenters. The number of carboxylic acids is 1. The first-order valence-corrected chi connectivity index (χ1v) is 6.75. The van der Waals surface area contributed by atoms with Crippen molar-refractivity contribution in [3.05, 3.63) is 0 Å². The van der Waals surface area contributed by atoms with E-state index in [0.29, 0.717) is 32.2 Å². The molecule has 22 heavy (non-hydrogen) atoms. The molecule has 4 amide bonds. The number of carbonyl (C=O) groups excluding carboxylic acids is 3. The van der Waals surface area contributed by atoms with Crippen LogP contribution in [-0.2, 0) is 14.4 Å². The van der Waals surface area contributed by atoms with E-state index in [2.05, 4.69) is 5.32 Å². The molecule has 0 aromatic carbocycles. The van der Waals surface area contributed by atoms with E-state index in [9.17, 15) is 19.2 Å². The highest BCUT2D eigenvalue weighted by atomic mass is 16.4. The van der Waals surface area contributed by atoms with Crippen LogP contribution in [0.5, 0.6) is 0 Å². The Kier molecular flexibility index (Phi) is 7.88. The van der Waals surface area contributed by atoms with Crippen molar-refractivity contribution in [2.45, 2.75) is 38.1 Å². The highest BCUT2D eigenvalue weighted by molar-refractivity contribution is 6.04. The third kappa shape index (κ3) is 5.95. The molecular formula is C12H23N5O5. The van der Waals surface area contributed by atoms with E-state index in [1.54, 1.807) is 0 Å². The van der Waals surface area contributed by atoms with Gasteiger partial charge in [-0.3, -0.25) is 14.4 Å². The zero-order valence-electron chi connectivity index (χ0n) is 12.2. The highest BCUT2D eigenvalue weighted by Crippen LogP contribution is 2.39. The van der Waals surface area contributed by atoms with Gasteiger partial charge in [-0.25, -0.2) is 4.79 Å². The van der Waals surface area contributed by atoms with Crippen molar-refractivity contribution >= 4 is 23.8 Å². The molecule has 0 bridgehead atoms. The topological polar surface area (TPSA) is 205 Å². The Hall–Kier alpha value is -2.36. The van der Waals surface area contributed by atoms with Gasteiger partial charge in [0.25, 0.3) is 0 Å². The normalized spacial score (nSPS) is 16.2. The maximum absolute atomic E-state index is 10.7. The quantitative estimate of drug-likeness (QED) is 0.230. The van der Waals surface area contributed by atoms with Gasteiger partial charge in [-0.1, -0.05) is 6.42 Å². The van der Waals surface area contributed by atoms with E-state index in [1.165, 1.54) is 0 Å². The summed E-state index contributed by atoms with van der Waals surface area (Å²) in [6.07, 6.45) is 2.76. The zero-order valence-corrected chi connectivity index (χ0v) is 12.2. The molecule has 126 valence electrons. The molecule has 0 heterocycles. The Morgan fingerprint density at radius 3 is 1.82 bits per heavy atom. The van der Waals surface area contributed by atoms with Gasteiger partial charge in [0.2, 0.25) is 11.8 Å². The number of carboxylic acid groups (broad SMARTS) is 1. The maximum atomic E-state index is 10.7. The first-order valence-electron chi connectivity index (χ1n) is 6.75. The number of carbonyl (C=O) groups is 4. The predicted octanol–water partition coefficient (Wildman–Crippen LogP) is -2.03. The summed E-state index contributed by atoms with van der Waals surface area (Å²) in [6.45, 7) is 0.357. The number of nitrogens with two attached hydrogens (primary N) is 4. The average molecular weight is 317 g/mol. The van der Waals surface area contributed by atoms with E-state index in [0.717, 1.165) is 6.42 Å². The van der Waals surface area contributed by atoms with E-state index < -0.39 is 35.3 Å². The molecule has 0 aromatic heterocycles. The SMILES string of the molecule is NC(=O)C1(C(N)=O)CCC1.NC(=O)NCCCC(N)C(=O)O. The van der Waals surface area contributed by atoms with E-state index >= 15 is 0 Å². The van der Waals surface area contributed by atoms with Crippen molar-refractivity contribution in [1.29, 1.82) is 0 Å². The van der Waals surface area contributed by atoms with Crippen LogP contribution in [0, 0.1) is 5.41 Å². The number of urea groups is 1. The van der Waals surface area contributed by atoms with Crippen molar-refractivity contribution in [2.75, 3.05) is 6.54 Å². The first kappa shape index (κ1) is 19.6. The number of primary amides is 3. The number of hydrogen-bond donors (Lipinski definition) is 6. The van der Waals surface area contributed by atoms with Gasteiger partial charge in [0.05, 0.1) is 0 Å². The molecule has 1 aliphatic carbocycles. The van der Waals surface area contributed by atoms with Crippen molar-refractivity contribution in [2.24, 2.45) is 28.3 Å². The number of nitrogens with one attached hydrogen (secondary N) is 1. The molecule has 10 nitrogen and oxygen atoms in total. The molecule has 1 fully saturated rings. The summed E-state index contributed by atoms with van der Waals surface area (Å²) < 4.78 is 0. The average Bonchev–Trinajstić information content (AvgIpc) is 2.32. The molecule has 1 aliphatic rings. The monoisotopic (exact) mass is 317 g/mol. The second-order valence-corrected chi connectivity index (χ2v) is 5.04. The minimum absolute atomic E-state index is 0.329. The maximum Gasteiger partial charge on any atom is 0.320 e. The first-order chi connectivity index (χ1) is 10.1. The van der Waals surface area contributed by atoms with Crippen molar-refractivity contribution in [1.82, 2.24) is 5.32 Å². The summed E-state index contributed by atoms with van der Waals surface area (Å²) in [6, 6.07) is -1.47. The molecule has 0 aromatic rings. The Morgan fingerprint density at radius 2 is 1.59 bits per heavy atom. The van der Waals surface area contributed by atoms with Gasteiger partial charge in [0.1, 0.15) is 11.5 Å². The predicted molar refractivity (Wildman–Crippen MR) is 77.1 cm³/mol. The molecule has 1 unspecified atom stereocenters. The molecule has 0 saturated heterocycles. The fourth-order valence-corrected chi connectivity index (χ4v) is 1.80. The summed E-state index contributed by atoms with van der Waals surface area (Å²) in [7, 11) is 0. The summed E-state index contributed by atoms with van der Waals surface area (Å²) in [5, 5.41) is 10.7. The third-order valence-corrected chi connectivity index (χ3v) is 3.46. The van der Waals surface area contributed by atoms with Gasteiger partial charge in [-0.15, -0.1) is 0 Å². The van der Waals surface area contributed by atoms with Crippen LogP contribution < -0.4 is 28.3 Å². The van der Waals surface area contributed by atoms with Gasteiger partial charge in [0.15, 0.2) is 0 Å². The van der Waals surface area contributed by atoms with Crippen LogP contribution in [0.4, 0.5) is 4.79 Å². The smallest absolute Gasteiger partial charge is 0.320 e. The lowest BCUT2D eigenvalue weighted by Crippen LogP contribution is -2.52. The molecule has 0 aliphatic heterocycles. The Bertz CT molecular complexity index is 420. The molecule has 10 N–H and O–H groups in total. The van der Waals surface area contributed by atoms with E-state index in [1.807, 2.05) is 0 Å². The molecule has 0 radical (unpaired) electrons. The lowest BCUT2D eigenvalue weighted by atomic mass is 9.68. The number of amides is 4. The van der Waals surface area contributed by atoms with Crippen molar-refractivity contribution in [3.8, 4) is 0 Å². The van der Waals surface area contributed by atoms with Crippen molar-refractivity contribution < 1.29 is 24.3 Å². The van der Waals surface area contributed by atoms with Crippen LogP contribution in [-0.4, -0.2) is 41.5 Å². The van der Waals surface area contributed by atoms with Crippen LogP contribution in [0.1, 0.15) is 32.1 Å². The standard InChI is InChI=1S/C6H13N3O3.C6H10N2O2/c7-4(5(10)11)2-1-3-9-6(8)12;7-4(9)6(5(8)10)2-1-3-6/h4H,1-3,7H2,(H,10,11)(H3,8,9,12);1-3H2,(H2,7,9)(H2,8,10). The van der Waals surface area contributed by atoms with Crippen LogP contribution in [0.15, 0.2) is 0 Å². The molecule has 1 saturated carbocycles. The largest absolute Gasteiger partial charge is 0.480 e. The van der Waals surface area contributed by atoms with Crippen LogP contribution in [0.3, 0.4) is 0 Å². The Morgan fingerprint density at radius 1 is 1.09 bits per heavy atom. The molecule has 1 rings (SSSR count). The molecule has 10 heteroatoms. The lowest BCUT2D eigenvalue weighted by molar-refractivity contribution is -0.145. The van der Waals surface area contributed by atoms with E-state index in [-0.39, 0.29) is 0 Å². The number of hydrogen-bond acceptors (Lipinski definition) is 5. The van der Waals surface area contributed by atoms with Gasteiger partial charge in [-0.05, 0) is 25.7 Å². The minimum Gasteiger partial charge on any atom is -0.480 e. The second-order valence-electron chi connectivity index (χ2n) is 5.04. The fourth-order valence-electron chi connectivity index (χ4n) is 1.80. The summed E-state index contributed by atoms with van der Waals surface area (Å²) >= 11 is 0. The van der Waals surface area contributed by atoms with Crippen LogP contribution >= 0.6 is 0 Å². The second kappa shape index (κ2) is 8.82. The Balaban J connectivity index is 0.000000406. The number of rotatable bonds is 7. The third-order valence-electron chi connectivity index (χ3n) is 3.46. The van der Waals surface area contributed by atoms with Gasteiger partial charge >= 0.3 is 12.0 Å². The minimum atomic E-state index is -1.03. The summed E-state index contributed by atoms with van der Waals surface area (Å²) in [5.41, 5.74) is 18.9. The molecule has 0 spiro atoms. The van der Waals surface area contributed by atoms with Crippen LogP contribution in [0.25, 0.3) is 0 Å².